The van der Waals surface area contributed by atoms with E-state index in [1.807, 2.05) is 12.3 Å². The Morgan fingerprint density at radius 2 is 1.63 bits per heavy atom. The van der Waals surface area contributed by atoms with Gasteiger partial charge in [0.2, 0.25) is 0 Å². The molecule has 30 heavy (non-hydrogen) atoms. The predicted octanol–water partition coefficient (Wildman–Crippen LogP) is 3.49. The van der Waals surface area contributed by atoms with Crippen LogP contribution in [0.1, 0.15) is 11.1 Å². The van der Waals surface area contributed by atoms with E-state index >= 15 is 0 Å². The van der Waals surface area contributed by atoms with E-state index in [4.69, 9.17) is 4.74 Å². The quantitative estimate of drug-likeness (QED) is 0.574. The Labute approximate surface area is 179 Å². The third-order valence-electron chi connectivity index (χ3n) is 5.83. The van der Waals surface area contributed by atoms with Gasteiger partial charge in [0.25, 0.3) is 0 Å². The summed E-state index contributed by atoms with van der Waals surface area (Å²) in [6.07, 6.45) is 1.87. The van der Waals surface area contributed by atoms with E-state index in [1.165, 1.54) is 16.5 Å². The minimum atomic E-state index is 0.734. The molecule has 0 N–H and O–H groups in total. The molecular weight excluding hydrogens is 372 g/mol. The highest BCUT2D eigenvalue weighted by atomic mass is 16.5. The molecule has 3 aromatic rings. The molecule has 0 atom stereocenters. The third kappa shape index (κ3) is 5.36. The summed E-state index contributed by atoms with van der Waals surface area (Å²) < 4.78 is 6.19. The standard InChI is InChI=1S/C25H32N4O/c1-27-13-15-29(16-14-27)17-18-30-24-11-4-3-7-22(24)19-28(2)20-23-9-5-8-21-10-6-12-26-25(21)23/h3-12H,13-20H2,1-2H3. The first-order valence-corrected chi connectivity index (χ1v) is 10.8. The Hall–Kier alpha value is -2.47. The van der Waals surface area contributed by atoms with Crippen molar-refractivity contribution in [1.82, 2.24) is 19.7 Å². The zero-order chi connectivity index (χ0) is 20.8. The van der Waals surface area contributed by atoms with Crippen molar-refractivity contribution < 1.29 is 4.74 Å². The van der Waals surface area contributed by atoms with Crippen molar-refractivity contribution in [2.24, 2.45) is 0 Å². The predicted molar refractivity (Wildman–Crippen MR) is 123 cm³/mol. The maximum Gasteiger partial charge on any atom is 0.123 e. The largest absolute Gasteiger partial charge is 0.492 e. The molecule has 1 fully saturated rings. The van der Waals surface area contributed by atoms with Crippen LogP contribution < -0.4 is 4.74 Å². The second kappa shape index (κ2) is 10.0. The summed E-state index contributed by atoms with van der Waals surface area (Å²) in [7, 11) is 4.34. The summed E-state index contributed by atoms with van der Waals surface area (Å²) in [5, 5.41) is 1.19. The molecule has 0 amide bonds. The van der Waals surface area contributed by atoms with Crippen LogP contribution in [0.3, 0.4) is 0 Å². The summed E-state index contributed by atoms with van der Waals surface area (Å²) in [6.45, 7) is 7.96. The normalized spacial score (nSPS) is 15.7. The van der Waals surface area contributed by atoms with E-state index in [9.17, 15) is 0 Å². The van der Waals surface area contributed by atoms with Crippen LogP contribution in [-0.4, -0.2) is 73.1 Å². The van der Waals surface area contributed by atoms with Gasteiger partial charge in [0.05, 0.1) is 5.52 Å². The molecule has 0 spiro atoms. The molecule has 0 bridgehead atoms. The fourth-order valence-corrected chi connectivity index (χ4v) is 4.06. The van der Waals surface area contributed by atoms with E-state index in [-0.39, 0.29) is 0 Å². The highest BCUT2D eigenvalue weighted by Crippen LogP contribution is 2.22. The molecule has 5 heteroatoms. The molecule has 0 aliphatic carbocycles. The Bertz CT molecular complexity index is 947. The van der Waals surface area contributed by atoms with Gasteiger partial charge in [-0.15, -0.1) is 0 Å². The van der Waals surface area contributed by atoms with Gasteiger partial charge in [0.1, 0.15) is 12.4 Å². The molecule has 0 saturated carbocycles. The zero-order valence-electron chi connectivity index (χ0n) is 18.1. The SMILES string of the molecule is CN1CCN(CCOc2ccccc2CN(C)Cc2cccc3cccnc23)CC1. The van der Waals surface area contributed by atoms with Crippen LogP contribution in [-0.2, 0) is 13.1 Å². The Kier molecular flexibility index (Phi) is 6.95. The van der Waals surface area contributed by atoms with Gasteiger partial charge in [0.15, 0.2) is 0 Å². The van der Waals surface area contributed by atoms with Gasteiger partial charge in [-0.1, -0.05) is 42.5 Å². The van der Waals surface area contributed by atoms with Gasteiger partial charge in [-0.2, -0.15) is 0 Å². The minimum absolute atomic E-state index is 0.734. The lowest BCUT2D eigenvalue weighted by Crippen LogP contribution is -2.45. The fraction of sp³-hybridized carbons (Fsp3) is 0.400. The molecular formula is C25H32N4O. The van der Waals surface area contributed by atoms with Crippen LogP contribution in [0.15, 0.2) is 60.8 Å². The average Bonchev–Trinajstić information content (AvgIpc) is 2.76. The maximum atomic E-state index is 6.19. The molecule has 1 aromatic heterocycles. The first-order valence-electron chi connectivity index (χ1n) is 10.8. The monoisotopic (exact) mass is 404 g/mol. The van der Waals surface area contributed by atoms with Crippen LogP contribution in [0.25, 0.3) is 10.9 Å². The minimum Gasteiger partial charge on any atom is -0.492 e. The molecule has 1 aliphatic heterocycles. The van der Waals surface area contributed by atoms with Crippen molar-refractivity contribution in [1.29, 1.82) is 0 Å². The number of hydrogen-bond donors (Lipinski definition) is 0. The number of fused-ring (bicyclic) bond motifs is 1. The van der Waals surface area contributed by atoms with Gasteiger partial charge in [-0.3, -0.25) is 14.8 Å². The number of nitrogens with zero attached hydrogens (tertiary/aromatic N) is 4. The van der Waals surface area contributed by atoms with Gasteiger partial charge in [0, 0.05) is 63.0 Å². The molecule has 2 heterocycles. The molecule has 1 saturated heterocycles. The van der Waals surface area contributed by atoms with Gasteiger partial charge < -0.3 is 9.64 Å². The van der Waals surface area contributed by atoms with E-state index in [1.54, 1.807) is 0 Å². The molecule has 5 nitrogen and oxygen atoms in total. The van der Waals surface area contributed by atoms with E-state index < -0.39 is 0 Å². The van der Waals surface area contributed by atoms with Crippen molar-refractivity contribution in [3.63, 3.8) is 0 Å². The van der Waals surface area contributed by atoms with Gasteiger partial charge >= 0.3 is 0 Å². The van der Waals surface area contributed by atoms with Crippen LogP contribution in [0.4, 0.5) is 0 Å². The Morgan fingerprint density at radius 1 is 0.900 bits per heavy atom. The number of benzene rings is 2. The summed E-state index contributed by atoms with van der Waals surface area (Å²) in [6, 6.07) is 18.9. The number of aromatic nitrogens is 1. The lowest BCUT2D eigenvalue weighted by molar-refractivity contribution is 0.133. The number of piperazine rings is 1. The van der Waals surface area contributed by atoms with Crippen LogP contribution >= 0.6 is 0 Å². The molecule has 2 aromatic carbocycles. The van der Waals surface area contributed by atoms with E-state index in [2.05, 4.69) is 82.3 Å². The van der Waals surface area contributed by atoms with Crippen molar-refractivity contribution >= 4 is 10.9 Å². The summed E-state index contributed by atoms with van der Waals surface area (Å²) in [4.78, 5) is 11.8. The lowest BCUT2D eigenvalue weighted by atomic mass is 10.1. The molecule has 158 valence electrons. The summed E-state index contributed by atoms with van der Waals surface area (Å²) in [5.41, 5.74) is 3.57. The van der Waals surface area contributed by atoms with Crippen molar-refractivity contribution in [3.05, 3.63) is 71.9 Å². The molecule has 0 unspecified atom stereocenters. The number of para-hydroxylation sites is 2. The van der Waals surface area contributed by atoms with Crippen LogP contribution in [0, 0.1) is 0 Å². The fourth-order valence-electron chi connectivity index (χ4n) is 4.06. The highest BCUT2D eigenvalue weighted by Gasteiger charge is 2.14. The Morgan fingerprint density at radius 3 is 2.50 bits per heavy atom. The van der Waals surface area contributed by atoms with Crippen LogP contribution in [0.5, 0.6) is 5.75 Å². The second-order valence-electron chi connectivity index (χ2n) is 8.27. The first kappa shape index (κ1) is 20.8. The number of ether oxygens (including phenoxy) is 1. The number of likely N-dealkylation sites (N-methyl/N-ethyl adjacent to an activating group) is 1. The zero-order valence-corrected chi connectivity index (χ0v) is 18.1. The van der Waals surface area contributed by atoms with Gasteiger partial charge in [-0.05, 0) is 31.8 Å². The second-order valence-corrected chi connectivity index (χ2v) is 8.27. The van der Waals surface area contributed by atoms with Gasteiger partial charge in [-0.25, -0.2) is 0 Å². The van der Waals surface area contributed by atoms with E-state index in [0.717, 1.165) is 63.7 Å². The van der Waals surface area contributed by atoms with Crippen molar-refractivity contribution in [2.45, 2.75) is 13.1 Å². The number of hydrogen-bond acceptors (Lipinski definition) is 5. The number of rotatable bonds is 8. The topological polar surface area (TPSA) is 31.8 Å². The van der Waals surface area contributed by atoms with E-state index in [0.29, 0.717) is 0 Å². The van der Waals surface area contributed by atoms with Crippen molar-refractivity contribution in [3.8, 4) is 5.75 Å². The third-order valence-corrected chi connectivity index (χ3v) is 5.83. The van der Waals surface area contributed by atoms with Crippen molar-refractivity contribution in [2.75, 3.05) is 53.4 Å². The highest BCUT2D eigenvalue weighted by molar-refractivity contribution is 5.81. The molecule has 4 rings (SSSR count). The average molecular weight is 405 g/mol. The molecule has 0 radical (unpaired) electrons. The maximum absolute atomic E-state index is 6.19. The summed E-state index contributed by atoms with van der Waals surface area (Å²) >= 11 is 0. The molecule has 1 aliphatic rings. The smallest absolute Gasteiger partial charge is 0.123 e. The Balaban J connectivity index is 1.35. The summed E-state index contributed by atoms with van der Waals surface area (Å²) in [5.74, 6) is 0.995. The van der Waals surface area contributed by atoms with Crippen LogP contribution in [0.2, 0.25) is 0 Å². The number of pyridine rings is 1. The lowest BCUT2D eigenvalue weighted by Gasteiger charge is -2.32. The first-order chi connectivity index (χ1) is 14.7.